The van der Waals surface area contributed by atoms with E-state index in [4.69, 9.17) is 12.2 Å². The van der Waals surface area contributed by atoms with Crippen LogP contribution >= 0.6 is 23.6 Å². The minimum Gasteiger partial charge on any atom is -0.322 e. The molecule has 28 heavy (non-hydrogen) atoms. The second-order valence-corrected chi connectivity index (χ2v) is 11.3. The lowest BCUT2D eigenvalue weighted by molar-refractivity contribution is -0.125. The van der Waals surface area contributed by atoms with Crippen molar-refractivity contribution in [3.05, 3.63) is 25.6 Å². The molecular formula is C21H25N3O2S2. The average molecular weight is 416 g/mol. The van der Waals surface area contributed by atoms with E-state index in [1.54, 1.807) is 11.3 Å². The number of hydrogen-bond acceptors (Lipinski definition) is 4. The Morgan fingerprint density at radius 1 is 1.18 bits per heavy atom. The number of aromatic amines is 1. The molecule has 7 heteroatoms. The van der Waals surface area contributed by atoms with Crippen molar-refractivity contribution in [3.63, 3.8) is 0 Å². The highest BCUT2D eigenvalue weighted by Gasteiger charge is 2.51. The number of thiophene rings is 1. The number of nitrogens with zero attached hydrogens (tertiary/aromatic N) is 1. The second kappa shape index (κ2) is 6.02. The van der Waals surface area contributed by atoms with Crippen molar-refractivity contribution in [2.45, 2.75) is 64.2 Å². The molecular weight excluding hydrogens is 390 g/mol. The van der Waals surface area contributed by atoms with Crippen molar-refractivity contribution in [3.8, 4) is 0 Å². The zero-order chi connectivity index (χ0) is 19.0. The monoisotopic (exact) mass is 415 g/mol. The fourth-order valence-corrected chi connectivity index (χ4v) is 8.76. The predicted octanol–water partition coefficient (Wildman–Crippen LogP) is 4.29. The summed E-state index contributed by atoms with van der Waals surface area (Å²) in [5, 5.41) is 0.723. The van der Waals surface area contributed by atoms with Gasteiger partial charge in [0.2, 0.25) is 10.7 Å². The molecule has 0 spiro atoms. The molecule has 2 aromatic rings. The number of rotatable bonds is 3. The van der Waals surface area contributed by atoms with Crippen LogP contribution in [0.5, 0.6) is 0 Å². The van der Waals surface area contributed by atoms with Crippen LogP contribution in [0.25, 0.3) is 10.2 Å². The molecule has 0 atom stereocenters. The first-order valence-corrected chi connectivity index (χ1v) is 11.8. The van der Waals surface area contributed by atoms with Crippen molar-refractivity contribution < 1.29 is 4.79 Å². The molecule has 5 aliphatic rings. The van der Waals surface area contributed by atoms with E-state index in [1.165, 1.54) is 48.1 Å². The van der Waals surface area contributed by atoms with Crippen LogP contribution in [0.2, 0.25) is 0 Å². The quantitative estimate of drug-likeness (QED) is 0.735. The van der Waals surface area contributed by atoms with Gasteiger partial charge in [0.25, 0.3) is 5.56 Å². The Labute approximate surface area is 172 Å². The molecule has 2 heterocycles. The Balaban J connectivity index is 1.30. The molecule has 0 unspecified atom stereocenters. The Morgan fingerprint density at radius 2 is 1.86 bits per heavy atom. The maximum absolute atomic E-state index is 13.1. The summed E-state index contributed by atoms with van der Waals surface area (Å²) in [4.78, 5) is 31.4. The number of carbonyl (C=O) groups is 1. The van der Waals surface area contributed by atoms with Crippen LogP contribution in [-0.2, 0) is 17.6 Å². The molecule has 0 radical (unpaired) electrons. The molecule has 4 saturated carbocycles. The van der Waals surface area contributed by atoms with E-state index < -0.39 is 0 Å². The summed E-state index contributed by atoms with van der Waals surface area (Å²) in [6, 6.07) is 0. The van der Waals surface area contributed by atoms with E-state index in [-0.39, 0.29) is 21.7 Å². The van der Waals surface area contributed by atoms with Gasteiger partial charge in [0.05, 0.1) is 5.39 Å². The van der Waals surface area contributed by atoms with Gasteiger partial charge >= 0.3 is 0 Å². The van der Waals surface area contributed by atoms with Gasteiger partial charge in [0.15, 0.2) is 0 Å². The third kappa shape index (κ3) is 2.58. The first kappa shape index (κ1) is 17.4. The molecule has 0 aromatic carbocycles. The average Bonchev–Trinajstić information content (AvgIpc) is 3.17. The van der Waals surface area contributed by atoms with Gasteiger partial charge < -0.3 is 4.98 Å². The van der Waals surface area contributed by atoms with Crippen LogP contribution < -0.4 is 11.0 Å². The van der Waals surface area contributed by atoms with Crippen LogP contribution in [0, 0.1) is 27.9 Å². The van der Waals surface area contributed by atoms with Crippen molar-refractivity contribution >= 4 is 39.7 Å². The Morgan fingerprint density at radius 3 is 2.54 bits per heavy atom. The van der Waals surface area contributed by atoms with Crippen molar-refractivity contribution in [2.24, 2.45) is 23.2 Å². The predicted molar refractivity (Wildman–Crippen MR) is 113 cm³/mol. The molecule has 5 nitrogen and oxygen atoms in total. The van der Waals surface area contributed by atoms with Crippen LogP contribution in [-0.4, -0.2) is 15.6 Å². The first-order chi connectivity index (χ1) is 13.5. The molecule has 5 aliphatic carbocycles. The van der Waals surface area contributed by atoms with Crippen molar-refractivity contribution in [1.29, 1.82) is 0 Å². The topological polar surface area (TPSA) is 66.9 Å². The highest BCUT2D eigenvalue weighted by molar-refractivity contribution is 7.71. The van der Waals surface area contributed by atoms with Crippen LogP contribution in [0.3, 0.4) is 0 Å². The zero-order valence-corrected chi connectivity index (χ0v) is 17.5. The van der Waals surface area contributed by atoms with E-state index in [0.717, 1.165) is 52.8 Å². The van der Waals surface area contributed by atoms with Crippen LogP contribution in [0.4, 0.5) is 0 Å². The Kier molecular flexibility index (Phi) is 3.74. The number of fused-ring (bicyclic) bond motifs is 3. The number of amides is 1. The number of H-pyrrole nitrogens is 1. The largest absolute Gasteiger partial charge is 0.322 e. The number of aromatic nitrogens is 2. The molecule has 0 saturated heterocycles. The maximum atomic E-state index is 13.1. The summed E-state index contributed by atoms with van der Waals surface area (Å²) < 4.78 is 1.57. The molecule has 1 amide bonds. The Hall–Kier alpha value is -1.47. The molecule has 4 fully saturated rings. The van der Waals surface area contributed by atoms with Gasteiger partial charge in [-0.3, -0.25) is 15.0 Å². The third-order valence-corrected chi connectivity index (χ3v) is 9.19. The van der Waals surface area contributed by atoms with Crippen molar-refractivity contribution in [2.75, 3.05) is 5.43 Å². The molecule has 148 valence electrons. The van der Waals surface area contributed by atoms with Gasteiger partial charge in [-0.2, -0.15) is 4.68 Å². The summed E-state index contributed by atoms with van der Waals surface area (Å²) in [6.45, 7) is 0. The molecule has 2 aromatic heterocycles. The van der Waals surface area contributed by atoms with Gasteiger partial charge in [0.1, 0.15) is 4.83 Å². The van der Waals surface area contributed by atoms with E-state index >= 15 is 0 Å². The summed E-state index contributed by atoms with van der Waals surface area (Å²) in [6.07, 6.45) is 11.3. The van der Waals surface area contributed by atoms with E-state index in [0.29, 0.717) is 6.42 Å². The van der Waals surface area contributed by atoms with Gasteiger partial charge in [-0.05, 0) is 98.7 Å². The maximum Gasteiger partial charge on any atom is 0.282 e. The number of hydrogen-bond donors (Lipinski definition) is 2. The molecule has 7 rings (SSSR count). The first-order valence-electron chi connectivity index (χ1n) is 10.6. The van der Waals surface area contributed by atoms with Crippen LogP contribution in [0.15, 0.2) is 4.79 Å². The van der Waals surface area contributed by atoms with Crippen LogP contribution in [0.1, 0.15) is 61.8 Å². The minimum atomic E-state index is -0.169. The molecule has 4 bridgehead atoms. The highest BCUT2D eigenvalue weighted by Crippen LogP contribution is 2.61. The number of aryl methyl sites for hydroxylation is 2. The molecule has 2 N–H and O–H groups in total. The Bertz CT molecular complexity index is 1070. The fourth-order valence-electron chi connectivity index (χ4n) is 7.19. The summed E-state index contributed by atoms with van der Waals surface area (Å²) in [5.41, 5.74) is 4.00. The van der Waals surface area contributed by atoms with Gasteiger partial charge in [0, 0.05) is 11.3 Å². The third-order valence-electron chi connectivity index (χ3n) is 7.70. The van der Waals surface area contributed by atoms with E-state index in [9.17, 15) is 9.59 Å². The van der Waals surface area contributed by atoms with Gasteiger partial charge in [-0.25, -0.2) is 0 Å². The van der Waals surface area contributed by atoms with Gasteiger partial charge in [-0.1, -0.05) is 0 Å². The van der Waals surface area contributed by atoms with E-state index in [2.05, 4.69) is 10.4 Å². The number of carbonyl (C=O) groups excluding carboxylic acids is 1. The zero-order valence-electron chi connectivity index (χ0n) is 15.9. The smallest absolute Gasteiger partial charge is 0.282 e. The lowest BCUT2D eigenvalue weighted by atomic mass is 9.49. The van der Waals surface area contributed by atoms with Crippen molar-refractivity contribution in [1.82, 2.24) is 9.66 Å². The number of nitrogens with one attached hydrogen (secondary N) is 2. The SMILES string of the molecule is O=C(CC12CC3CC(CC(C3)C1)C2)Nn1c(=S)[nH]c2sc3c(c2c1=O)CCC3. The normalized spacial score (nSPS) is 32.8. The second-order valence-electron chi connectivity index (χ2n) is 9.76. The summed E-state index contributed by atoms with van der Waals surface area (Å²) in [5.74, 6) is 2.38. The fraction of sp³-hybridized carbons (Fsp3) is 0.667. The lowest BCUT2D eigenvalue weighted by Crippen LogP contribution is -2.48. The minimum absolute atomic E-state index is 0.0604. The highest BCUT2D eigenvalue weighted by atomic mass is 32.1. The molecule has 0 aliphatic heterocycles. The van der Waals surface area contributed by atoms with E-state index in [1.807, 2.05) is 0 Å². The lowest BCUT2D eigenvalue weighted by Gasteiger charge is -2.56. The standard InChI is InChI=1S/C21H25N3O2S2/c25-16(10-21-7-11-4-12(8-21)6-13(5-11)9-21)23-24-19(26)17-14-2-1-3-15(14)28-18(17)22-20(24)27/h11-13H,1-10H2,(H,22,27)(H,23,25). The summed E-state index contributed by atoms with van der Waals surface area (Å²) >= 11 is 7.05. The van der Waals surface area contributed by atoms with Gasteiger partial charge in [-0.15, -0.1) is 11.3 Å². The summed E-state index contributed by atoms with van der Waals surface area (Å²) in [7, 11) is 0.